The van der Waals surface area contributed by atoms with Gasteiger partial charge in [-0.25, -0.2) is 0 Å². The third-order valence-electron chi connectivity index (χ3n) is 3.73. The van der Waals surface area contributed by atoms with Crippen LogP contribution < -0.4 is 14.8 Å². The molecule has 0 amide bonds. The first kappa shape index (κ1) is 21.2. The molecule has 2 aromatic rings. The second-order valence-corrected chi connectivity index (χ2v) is 5.69. The molecule has 1 aliphatic rings. The summed E-state index contributed by atoms with van der Waals surface area (Å²) in [6, 6.07) is 7.98. The molecular formula is C17H14ClF6NO2. The van der Waals surface area contributed by atoms with E-state index in [9.17, 15) is 26.3 Å². The van der Waals surface area contributed by atoms with Gasteiger partial charge < -0.3 is 14.8 Å². The fourth-order valence-corrected chi connectivity index (χ4v) is 2.39. The van der Waals surface area contributed by atoms with Crippen molar-refractivity contribution in [3.63, 3.8) is 0 Å². The summed E-state index contributed by atoms with van der Waals surface area (Å²) in [6.45, 7) is 0.974. The monoisotopic (exact) mass is 413 g/mol. The highest BCUT2D eigenvalue weighted by Crippen LogP contribution is 2.38. The molecule has 1 fully saturated rings. The lowest BCUT2D eigenvalue weighted by Crippen LogP contribution is -2.50. The number of hydrogen-bond donors (Lipinski definition) is 1. The van der Waals surface area contributed by atoms with Crippen LogP contribution >= 0.6 is 12.4 Å². The SMILES string of the molecule is Cl.FC(F)(F)Oc1cc(-c2cccc(C(F)(F)F)c2)ccc1OC1CNC1. The maximum Gasteiger partial charge on any atom is 0.573 e. The maximum absolute atomic E-state index is 12.8. The average Bonchev–Trinajstić information content (AvgIpc) is 2.49. The van der Waals surface area contributed by atoms with E-state index >= 15 is 0 Å². The molecule has 148 valence electrons. The van der Waals surface area contributed by atoms with Gasteiger partial charge >= 0.3 is 12.5 Å². The van der Waals surface area contributed by atoms with Crippen LogP contribution in [0.25, 0.3) is 11.1 Å². The van der Waals surface area contributed by atoms with Crippen molar-refractivity contribution in [1.82, 2.24) is 5.32 Å². The van der Waals surface area contributed by atoms with Crippen LogP contribution in [0.5, 0.6) is 11.5 Å². The van der Waals surface area contributed by atoms with Crippen molar-refractivity contribution in [2.45, 2.75) is 18.6 Å². The number of benzene rings is 2. The largest absolute Gasteiger partial charge is 0.573 e. The molecule has 3 rings (SSSR count). The van der Waals surface area contributed by atoms with E-state index in [-0.39, 0.29) is 35.4 Å². The quantitative estimate of drug-likeness (QED) is 0.712. The van der Waals surface area contributed by atoms with E-state index in [1.165, 1.54) is 24.3 Å². The molecule has 2 aromatic carbocycles. The Morgan fingerprint density at radius 2 is 1.52 bits per heavy atom. The Bertz CT molecular complexity index is 790. The summed E-state index contributed by atoms with van der Waals surface area (Å²) in [5, 5.41) is 2.91. The Balaban J connectivity index is 0.00000261. The lowest BCUT2D eigenvalue weighted by molar-refractivity contribution is -0.275. The van der Waals surface area contributed by atoms with Gasteiger partial charge in [-0.1, -0.05) is 18.2 Å². The van der Waals surface area contributed by atoms with Crippen molar-refractivity contribution in [3.05, 3.63) is 48.0 Å². The first-order valence-corrected chi connectivity index (χ1v) is 7.56. The van der Waals surface area contributed by atoms with Crippen LogP contribution in [0, 0.1) is 0 Å². The molecule has 0 saturated carbocycles. The maximum atomic E-state index is 12.8. The molecule has 0 bridgehead atoms. The number of nitrogens with one attached hydrogen (secondary N) is 1. The topological polar surface area (TPSA) is 30.5 Å². The fourth-order valence-electron chi connectivity index (χ4n) is 2.39. The van der Waals surface area contributed by atoms with E-state index in [0.29, 0.717) is 13.1 Å². The molecule has 0 aliphatic carbocycles. The van der Waals surface area contributed by atoms with Crippen molar-refractivity contribution in [2.24, 2.45) is 0 Å². The highest BCUT2D eigenvalue weighted by Gasteiger charge is 2.34. The van der Waals surface area contributed by atoms with E-state index < -0.39 is 23.9 Å². The Kier molecular flexibility index (Phi) is 6.16. The minimum absolute atomic E-state index is 0. The van der Waals surface area contributed by atoms with Crippen LogP contribution in [0.3, 0.4) is 0 Å². The Morgan fingerprint density at radius 3 is 2.07 bits per heavy atom. The summed E-state index contributed by atoms with van der Waals surface area (Å²) in [7, 11) is 0. The number of hydrogen-bond acceptors (Lipinski definition) is 3. The summed E-state index contributed by atoms with van der Waals surface area (Å²) in [6.07, 6.45) is -9.80. The second-order valence-electron chi connectivity index (χ2n) is 5.69. The van der Waals surface area contributed by atoms with Gasteiger partial charge in [0.25, 0.3) is 0 Å². The second kappa shape index (κ2) is 7.85. The highest BCUT2D eigenvalue weighted by molar-refractivity contribution is 5.85. The van der Waals surface area contributed by atoms with Gasteiger partial charge in [-0.3, -0.25) is 0 Å². The van der Waals surface area contributed by atoms with Crippen molar-refractivity contribution in [1.29, 1.82) is 0 Å². The molecule has 0 radical (unpaired) electrons. The Labute approximate surface area is 156 Å². The van der Waals surface area contributed by atoms with Gasteiger partial charge in [0.15, 0.2) is 11.5 Å². The van der Waals surface area contributed by atoms with Crippen molar-refractivity contribution >= 4 is 12.4 Å². The van der Waals surface area contributed by atoms with Crippen molar-refractivity contribution in [3.8, 4) is 22.6 Å². The number of ether oxygens (including phenoxy) is 2. The molecule has 1 aliphatic heterocycles. The molecule has 0 spiro atoms. The number of rotatable bonds is 4. The van der Waals surface area contributed by atoms with Gasteiger partial charge in [-0.2, -0.15) is 13.2 Å². The zero-order valence-corrected chi connectivity index (χ0v) is 14.3. The predicted octanol–water partition coefficient (Wildman–Crippen LogP) is 5.04. The molecule has 0 unspecified atom stereocenters. The van der Waals surface area contributed by atoms with Gasteiger partial charge in [0.05, 0.1) is 5.56 Å². The van der Waals surface area contributed by atoms with E-state index in [1.54, 1.807) is 0 Å². The van der Waals surface area contributed by atoms with Crippen LogP contribution in [-0.4, -0.2) is 25.6 Å². The Hall–Kier alpha value is -2.13. The normalized spacial score (nSPS) is 14.9. The van der Waals surface area contributed by atoms with E-state index in [0.717, 1.165) is 18.2 Å². The smallest absolute Gasteiger partial charge is 0.484 e. The van der Waals surface area contributed by atoms with Gasteiger partial charge in [0.2, 0.25) is 0 Å². The Morgan fingerprint density at radius 1 is 0.852 bits per heavy atom. The molecule has 10 heteroatoms. The lowest BCUT2D eigenvalue weighted by atomic mass is 10.0. The molecule has 27 heavy (non-hydrogen) atoms. The molecule has 0 atom stereocenters. The van der Waals surface area contributed by atoms with E-state index in [4.69, 9.17) is 4.74 Å². The number of alkyl halides is 6. The summed E-state index contributed by atoms with van der Waals surface area (Å²) >= 11 is 0. The molecular weight excluding hydrogens is 400 g/mol. The fraction of sp³-hybridized carbons (Fsp3) is 0.294. The first-order valence-electron chi connectivity index (χ1n) is 7.56. The standard InChI is InChI=1S/C17H13F6NO2.ClH/c18-16(19,20)12-3-1-2-10(6-12)11-4-5-14(25-13-8-24-9-13)15(7-11)26-17(21,22)23;/h1-7,13,24H,8-9H2;1H. The average molecular weight is 414 g/mol. The zero-order chi connectivity index (χ0) is 18.9. The van der Waals surface area contributed by atoms with Crippen LogP contribution in [0.15, 0.2) is 42.5 Å². The highest BCUT2D eigenvalue weighted by atomic mass is 35.5. The summed E-state index contributed by atoms with van der Waals surface area (Å²) in [4.78, 5) is 0. The number of halogens is 7. The van der Waals surface area contributed by atoms with E-state index in [1.807, 2.05) is 0 Å². The first-order chi connectivity index (χ1) is 12.1. The molecule has 1 saturated heterocycles. The third kappa shape index (κ3) is 5.43. The van der Waals surface area contributed by atoms with Crippen molar-refractivity contribution < 1.29 is 35.8 Å². The minimum atomic E-state index is -4.96. The predicted molar refractivity (Wildman–Crippen MR) is 88.1 cm³/mol. The van der Waals surface area contributed by atoms with Gasteiger partial charge in [0.1, 0.15) is 6.10 Å². The summed E-state index contributed by atoms with van der Waals surface area (Å²) in [5.74, 6) is -0.719. The minimum Gasteiger partial charge on any atom is -0.484 e. The summed E-state index contributed by atoms with van der Waals surface area (Å²) < 4.78 is 86.0. The molecule has 3 nitrogen and oxygen atoms in total. The summed E-state index contributed by atoms with van der Waals surface area (Å²) in [5.41, 5.74) is -0.632. The molecule has 0 aromatic heterocycles. The van der Waals surface area contributed by atoms with E-state index in [2.05, 4.69) is 10.1 Å². The lowest BCUT2D eigenvalue weighted by Gasteiger charge is -2.28. The third-order valence-corrected chi connectivity index (χ3v) is 3.73. The molecule has 1 heterocycles. The van der Waals surface area contributed by atoms with Gasteiger partial charge in [-0.05, 0) is 35.4 Å². The van der Waals surface area contributed by atoms with Crippen LogP contribution in [-0.2, 0) is 6.18 Å². The van der Waals surface area contributed by atoms with Crippen LogP contribution in [0.1, 0.15) is 5.56 Å². The van der Waals surface area contributed by atoms with Crippen LogP contribution in [0.4, 0.5) is 26.3 Å². The van der Waals surface area contributed by atoms with Crippen LogP contribution in [0.2, 0.25) is 0 Å². The van der Waals surface area contributed by atoms with Gasteiger partial charge in [0, 0.05) is 13.1 Å². The molecule has 1 N–H and O–H groups in total. The zero-order valence-electron chi connectivity index (χ0n) is 13.5. The van der Waals surface area contributed by atoms with Gasteiger partial charge in [-0.15, -0.1) is 25.6 Å². The van der Waals surface area contributed by atoms with Crippen molar-refractivity contribution in [2.75, 3.05) is 13.1 Å².